The molecule has 1 aromatic rings. The van der Waals surface area contributed by atoms with Crippen LogP contribution in [0.15, 0.2) is 24.3 Å². The molecule has 0 radical (unpaired) electrons. The molecule has 1 amide bonds. The summed E-state index contributed by atoms with van der Waals surface area (Å²) in [6.07, 6.45) is -2.80. The monoisotopic (exact) mass is 403 g/mol. The second-order valence-corrected chi connectivity index (χ2v) is 8.14. The Kier molecular flexibility index (Phi) is 5.20. The minimum atomic E-state index is -4.52. The number of rotatable bonds is 1. The van der Waals surface area contributed by atoms with Gasteiger partial charge in [0.05, 0.1) is 35.9 Å². The van der Waals surface area contributed by atoms with Crippen molar-refractivity contribution in [1.82, 2.24) is 4.90 Å². The maximum atomic E-state index is 13.2. The van der Waals surface area contributed by atoms with E-state index >= 15 is 0 Å². The van der Waals surface area contributed by atoms with Gasteiger partial charge >= 0.3 is 12.3 Å². The topological polar surface area (TPSA) is 38.8 Å². The highest BCUT2D eigenvalue weighted by atomic mass is 35.5. The van der Waals surface area contributed by atoms with Crippen LogP contribution in [0.4, 0.5) is 18.0 Å². The Bertz CT molecular complexity index is 770. The van der Waals surface area contributed by atoms with Crippen molar-refractivity contribution < 1.29 is 27.4 Å². The predicted molar refractivity (Wildman–Crippen MR) is 95.5 cm³/mol. The lowest BCUT2D eigenvalue weighted by molar-refractivity contribution is -0.137. The van der Waals surface area contributed by atoms with Crippen LogP contribution in [-0.4, -0.2) is 41.9 Å². The second kappa shape index (κ2) is 7.02. The molecule has 148 valence electrons. The van der Waals surface area contributed by atoms with Crippen LogP contribution in [0, 0.1) is 0 Å². The first-order valence-corrected chi connectivity index (χ1v) is 9.00. The molecule has 2 bridgehead atoms. The zero-order valence-corrected chi connectivity index (χ0v) is 16.0. The minimum absolute atomic E-state index is 0.277. The van der Waals surface area contributed by atoms with Gasteiger partial charge in [0.2, 0.25) is 0 Å². The van der Waals surface area contributed by atoms with Crippen LogP contribution in [0.25, 0.3) is 5.57 Å². The van der Waals surface area contributed by atoms with Crippen LogP contribution in [0.2, 0.25) is 5.02 Å². The van der Waals surface area contributed by atoms with Crippen LogP contribution in [0.1, 0.15) is 38.3 Å². The van der Waals surface area contributed by atoms with Gasteiger partial charge in [-0.1, -0.05) is 23.7 Å². The van der Waals surface area contributed by atoms with E-state index in [2.05, 4.69) is 0 Å². The molecular formula is C19H21ClF3NO3. The lowest BCUT2D eigenvalue weighted by atomic mass is 9.89. The number of amides is 1. The fourth-order valence-corrected chi connectivity index (χ4v) is 3.58. The molecule has 2 aliphatic heterocycles. The summed E-state index contributed by atoms with van der Waals surface area (Å²) in [5.41, 5.74) is -0.296. The van der Waals surface area contributed by atoms with Crippen LogP contribution >= 0.6 is 11.6 Å². The highest BCUT2D eigenvalue weighted by Gasteiger charge is 2.40. The van der Waals surface area contributed by atoms with Gasteiger partial charge in [0.15, 0.2) is 0 Å². The maximum Gasteiger partial charge on any atom is 0.417 e. The second-order valence-electron chi connectivity index (χ2n) is 7.73. The molecule has 4 nitrogen and oxygen atoms in total. The molecule has 2 heterocycles. The van der Waals surface area contributed by atoms with Crippen molar-refractivity contribution in [2.24, 2.45) is 0 Å². The van der Waals surface area contributed by atoms with Crippen molar-refractivity contribution >= 4 is 23.3 Å². The van der Waals surface area contributed by atoms with Gasteiger partial charge in [-0.2, -0.15) is 13.2 Å². The van der Waals surface area contributed by atoms with E-state index in [0.717, 1.165) is 11.6 Å². The lowest BCUT2D eigenvalue weighted by Crippen LogP contribution is -2.57. The van der Waals surface area contributed by atoms with Crippen molar-refractivity contribution in [3.8, 4) is 0 Å². The Morgan fingerprint density at radius 1 is 1.26 bits per heavy atom. The molecule has 3 rings (SSSR count). The number of hydrogen-bond acceptors (Lipinski definition) is 3. The summed E-state index contributed by atoms with van der Waals surface area (Å²) in [7, 11) is 0. The third kappa shape index (κ3) is 4.41. The number of benzene rings is 1. The molecule has 2 aliphatic rings. The van der Waals surface area contributed by atoms with Gasteiger partial charge in [0.25, 0.3) is 0 Å². The van der Waals surface area contributed by atoms with E-state index in [1.54, 1.807) is 37.8 Å². The molecule has 27 heavy (non-hydrogen) atoms. The van der Waals surface area contributed by atoms with Crippen molar-refractivity contribution in [3.05, 3.63) is 40.4 Å². The van der Waals surface area contributed by atoms with Crippen LogP contribution in [0.5, 0.6) is 0 Å². The maximum absolute atomic E-state index is 13.2. The first-order valence-electron chi connectivity index (χ1n) is 8.62. The largest absolute Gasteiger partial charge is 0.444 e. The summed E-state index contributed by atoms with van der Waals surface area (Å²) in [5.74, 6) is 0. The molecule has 1 fully saturated rings. The average Bonchev–Trinajstić information content (AvgIpc) is 2.51. The van der Waals surface area contributed by atoms with Crippen molar-refractivity contribution in [3.63, 3.8) is 0 Å². The first-order chi connectivity index (χ1) is 12.5. The van der Waals surface area contributed by atoms with Gasteiger partial charge < -0.3 is 9.47 Å². The third-order valence-electron chi connectivity index (χ3n) is 4.45. The number of fused-ring (bicyclic) bond motifs is 2. The van der Waals surface area contributed by atoms with Crippen LogP contribution < -0.4 is 0 Å². The van der Waals surface area contributed by atoms with Gasteiger partial charge in [-0.3, -0.25) is 4.90 Å². The molecule has 0 N–H and O–H groups in total. The number of nitrogens with zero attached hydrogens (tertiary/aromatic N) is 1. The number of carbonyl (C=O) groups excluding carboxylic acids is 1. The molecule has 2 unspecified atom stereocenters. The molecule has 1 saturated heterocycles. The van der Waals surface area contributed by atoms with Crippen molar-refractivity contribution in [2.75, 3.05) is 13.2 Å². The minimum Gasteiger partial charge on any atom is -0.444 e. The number of ether oxygens (including phenoxy) is 2. The molecule has 0 aromatic heterocycles. The van der Waals surface area contributed by atoms with Gasteiger partial charge in [-0.15, -0.1) is 0 Å². The zero-order valence-electron chi connectivity index (χ0n) is 15.3. The van der Waals surface area contributed by atoms with Gasteiger partial charge in [0, 0.05) is 0 Å². The molecule has 2 atom stereocenters. The summed E-state index contributed by atoms with van der Waals surface area (Å²) in [6, 6.07) is 3.22. The predicted octanol–water partition coefficient (Wildman–Crippen LogP) is 5.15. The van der Waals surface area contributed by atoms with E-state index in [1.807, 2.05) is 0 Å². The summed E-state index contributed by atoms with van der Waals surface area (Å²) in [4.78, 5) is 14.2. The van der Waals surface area contributed by atoms with E-state index in [9.17, 15) is 18.0 Å². The number of alkyl halides is 3. The Morgan fingerprint density at radius 3 is 2.56 bits per heavy atom. The Labute approximate surface area is 160 Å². The SMILES string of the molecule is CC(C)(C)OC(=O)N1C2C=C(c3ccc(Cl)c(C(F)(F)F)c3)CC1COC2. The molecule has 0 aliphatic carbocycles. The van der Waals surface area contributed by atoms with E-state index in [0.29, 0.717) is 18.6 Å². The van der Waals surface area contributed by atoms with Crippen LogP contribution in [-0.2, 0) is 15.7 Å². The highest BCUT2D eigenvalue weighted by Crippen LogP contribution is 2.39. The number of hydrogen-bond donors (Lipinski definition) is 0. The molecular weight excluding hydrogens is 383 g/mol. The van der Waals surface area contributed by atoms with Crippen molar-refractivity contribution in [2.45, 2.75) is 51.1 Å². The van der Waals surface area contributed by atoms with Gasteiger partial charge in [-0.25, -0.2) is 4.79 Å². The van der Waals surface area contributed by atoms with Gasteiger partial charge in [0.1, 0.15) is 5.60 Å². The number of carbonyl (C=O) groups is 1. The average molecular weight is 404 g/mol. The smallest absolute Gasteiger partial charge is 0.417 e. The van der Waals surface area contributed by atoms with E-state index in [4.69, 9.17) is 21.1 Å². The molecule has 0 saturated carbocycles. The Morgan fingerprint density at radius 2 is 1.96 bits per heavy atom. The Balaban J connectivity index is 1.91. The van der Waals surface area contributed by atoms with E-state index in [1.165, 1.54) is 6.07 Å². The quantitative estimate of drug-likeness (QED) is 0.651. The standard InChI is InChI=1S/C19H21ClF3NO3/c1-18(2,3)27-17(25)24-13-6-12(7-14(24)10-26-9-13)11-4-5-16(20)15(8-11)19(21,22)23/h4-6,8,13-14H,7,9-10H2,1-3H3. The number of morpholine rings is 1. The third-order valence-corrected chi connectivity index (χ3v) is 4.78. The van der Waals surface area contributed by atoms with Gasteiger partial charge in [-0.05, 0) is 50.5 Å². The zero-order chi connectivity index (χ0) is 20.0. The summed E-state index contributed by atoms with van der Waals surface area (Å²) < 4.78 is 50.5. The normalized spacial score (nSPS) is 23.1. The summed E-state index contributed by atoms with van der Waals surface area (Å²) >= 11 is 5.71. The summed E-state index contributed by atoms with van der Waals surface area (Å²) in [5, 5.41) is -0.332. The van der Waals surface area contributed by atoms with Crippen LogP contribution in [0.3, 0.4) is 0 Å². The van der Waals surface area contributed by atoms with Crippen molar-refractivity contribution in [1.29, 1.82) is 0 Å². The highest BCUT2D eigenvalue weighted by molar-refractivity contribution is 6.31. The molecule has 8 heteroatoms. The van der Waals surface area contributed by atoms with E-state index < -0.39 is 23.4 Å². The number of halogens is 4. The Hall–Kier alpha value is -1.73. The molecule has 1 aromatic carbocycles. The fourth-order valence-electron chi connectivity index (χ4n) is 3.35. The fraction of sp³-hybridized carbons (Fsp3) is 0.526. The van der Waals surface area contributed by atoms with E-state index in [-0.39, 0.29) is 23.7 Å². The molecule has 0 spiro atoms. The lowest BCUT2D eigenvalue weighted by Gasteiger charge is -2.44. The summed E-state index contributed by atoms with van der Waals surface area (Å²) in [6.45, 7) is 5.95. The first kappa shape index (κ1) is 20.0.